The predicted molar refractivity (Wildman–Crippen MR) is 120 cm³/mol. The van der Waals surface area contributed by atoms with Crippen LogP contribution in [0.2, 0.25) is 0 Å². The lowest BCUT2D eigenvalue weighted by Gasteiger charge is -2.18. The number of nitrogens with one attached hydrogen (secondary N) is 1. The van der Waals surface area contributed by atoms with Crippen LogP contribution in [0.1, 0.15) is 21.5 Å². The summed E-state index contributed by atoms with van der Waals surface area (Å²) in [6, 6.07) is 19.8. The number of carbonyl (C=O) groups excluding carboxylic acids is 1. The molecule has 156 valence electrons. The predicted octanol–water partition coefficient (Wildman–Crippen LogP) is 4.36. The molecule has 2 aromatic carbocycles. The van der Waals surface area contributed by atoms with Crippen molar-refractivity contribution >= 4 is 17.2 Å². The van der Waals surface area contributed by atoms with Gasteiger partial charge in [0.1, 0.15) is 18.9 Å². The first-order valence-corrected chi connectivity index (χ1v) is 11.0. The molecule has 1 aliphatic heterocycles. The Morgan fingerprint density at radius 1 is 1.00 bits per heavy atom. The molecule has 3 heterocycles. The summed E-state index contributed by atoms with van der Waals surface area (Å²) < 4.78 is 13.0. The lowest BCUT2D eigenvalue weighted by atomic mass is 10.1. The molecule has 0 spiro atoms. The van der Waals surface area contributed by atoms with E-state index in [4.69, 9.17) is 14.6 Å². The first-order chi connectivity index (χ1) is 15.3. The Morgan fingerprint density at radius 3 is 2.65 bits per heavy atom. The molecule has 7 heteroatoms. The van der Waals surface area contributed by atoms with Crippen molar-refractivity contribution in [2.45, 2.75) is 13.1 Å². The van der Waals surface area contributed by atoms with Crippen molar-refractivity contribution in [3.63, 3.8) is 0 Å². The van der Waals surface area contributed by atoms with Crippen LogP contribution in [0.3, 0.4) is 0 Å². The molecular formula is C24H21N3O3S. The number of ether oxygens (including phenoxy) is 2. The fourth-order valence-corrected chi connectivity index (χ4v) is 4.23. The Morgan fingerprint density at radius 2 is 1.84 bits per heavy atom. The van der Waals surface area contributed by atoms with E-state index >= 15 is 0 Å². The summed E-state index contributed by atoms with van der Waals surface area (Å²) in [5.41, 5.74) is 3.35. The zero-order valence-corrected chi connectivity index (χ0v) is 17.6. The van der Waals surface area contributed by atoms with Gasteiger partial charge in [0.05, 0.1) is 17.0 Å². The van der Waals surface area contributed by atoms with Crippen LogP contribution in [0.5, 0.6) is 11.5 Å². The zero-order valence-electron chi connectivity index (χ0n) is 16.8. The molecule has 4 aromatic rings. The normalized spacial score (nSPS) is 12.5. The van der Waals surface area contributed by atoms with Crippen molar-refractivity contribution in [1.29, 1.82) is 0 Å². The fraction of sp³-hybridized carbons (Fsp3) is 0.167. The summed E-state index contributed by atoms with van der Waals surface area (Å²) in [5.74, 6) is 1.30. The highest BCUT2D eigenvalue weighted by molar-refractivity contribution is 7.13. The van der Waals surface area contributed by atoms with Gasteiger partial charge >= 0.3 is 0 Å². The number of hydrogen-bond acceptors (Lipinski definition) is 5. The van der Waals surface area contributed by atoms with E-state index < -0.39 is 0 Å². The molecule has 2 aromatic heterocycles. The van der Waals surface area contributed by atoms with Crippen molar-refractivity contribution in [3.05, 3.63) is 88.9 Å². The molecule has 1 amide bonds. The lowest BCUT2D eigenvalue weighted by Crippen LogP contribution is -2.23. The number of benzene rings is 2. The van der Waals surface area contributed by atoms with Gasteiger partial charge in [0.2, 0.25) is 0 Å². The van der Waals surface area contributed by atoms with Gasteiger partial charge in [0, 0.05) is 12.7 Å². The second-order valence-electron chi connectivity index (χ2n) is 7.21. The first-order valence-electron chi connectivity index (χ1n) is 10.1. The van der Waals surface area contributed by atoms with Crippen LogP contribution in [0.25, 0.3) is 10.6 Å². The largest absolute Gasteiger partial charge is 0.486 e. The van der Waals surface area contributed by atoms with Gasteiger partial charge in [0.25, 0.3) is 5.91 Å². The fourth-order valence-electron chi connectivity index (χ4n) is 3.51. The Balaban J connectivity index is 1.36. The second kappa shape index (κ2) is 8.65. The van der Waals surface area contributed by atoms with Crippen LogP contribution >= 0.6 is 11.3 Å². The highest BCUT2D eigenvalue weighted by atomic mass is 32.1. The zero-order chi connectivity index (χ0) is 21.0. The minimum Gasteiger partial charge on any atom is -0.486 e. The van der Waals surface area contributed by atoms with Gasteiger partial charge in [-0.1, -0.05) is 42.5 Å². The molecule has 5 rings (SSSR count). The van der Waals surface area contributed by atoms with Crippen molar-refractivity contribution < 1.29 is 14.3 Å². The number of carbonyl (C=O) groups is 1. The summed E-state index contributed by atoms with van der Waals surface area (Å²) in [7, 11) is 0. The standard InChI is InChI=1S/C24H21N3O3S/c28-24(25-14-18-8-9-20-21(13-18)30-11-10-29-20)19-16-27(15-17-5-2-1-3-6-17)26-23(19)22-7-4-12-31-22/h1-9,12-13,16H,10-11,14-15H2,(H,25,28). The molecule has 0 fully saturated rings. The maximum absolute atomic E-state index is 13.1. The minimum atomic E-state index is -0.155. The third-order valence-corrected chi connectivity index (χ3v) is 5.88. The van der Waals surface area contributed by atoms with Gasteiger partial charge in [-0.2, -0.15) is 5.10 Å². The molecule has 0 bridgehead atoms. The second-order valence-corrected chi connectivity index (χ2v) is 8.16. The van der Waals surface area contributed by atoms with Gasteiger partial charge in [-0.05, 0) is 34.7 Å². The van der Waals surface area contributed by atoms with Gasteiger partial charge in [-0.15, -0.1) is 11.3 Å². The Kier molecular flexibility index (Phi) is 5.41. The van der Waals surface area contributed by atoms with Crippen LogP contribution in [0, 0.1) is 0 Å². The maximum Gasteiger partial charge on any atom is 0.255 e. The molecule has 1 N–H and O–H groups in total. The van der Waals surface area contributed by atoms with Crippen molar-refractivity contribution in [2.75, 3.05) is 13.2 Å². The third-order valence-electron chi connectivity index (χ3n) is 5.01. The van der Waals surface area contributed by atoms with E-state index in [-0.39, 0.29) is 5.91 Å². The van der Waals surface area contributed by atoms with E-state index in [0.29, 0.717) is 43.3 Å². The van der Waals surface area contributed by atoms with Gasteiger partial charge in [0.15, 0.2) is 11.5 Å². The van der Waals surface area contributed by atoms with E-state index in [1.807, 2.05) is 76.9 Å². The average molecular weight is 432 g/mol. The van der Waals surface area contributed by atoms with Crippen LogP contribution in [-0.2, 0) is 13.1 Å². The number of aromatic nitrogens is 2. The molecule has 0 saturated heterocycles. The molecule has 0 aliphatic carbocycles. The Hall–Kier alpha value is -3.58. The van der Waals surface area contributed by atoms with Crippen molar-refractivity contribution in [3.8, 4) is 22.1 Å². The Labute approximate surface area is 184 Å². The molecule has 0 saturated carbocycles. The number of hydrogen-bond donors (Lipinski definition) is 1. The molecule has 31 heavy (non-hydrogen) atoms. The molecule has 6 nitrogen and oxygen atoms in total. The summed E-state index contributed by atoms with van der Waals surface area (Å²) in [6.07, 6.45) is 1.82. The quantitative estimate of drug-likeness (QED) is 0.493. The van der Waals surface area contributed by atoms with E-state index in [1.165, 1.54) is 0 Å². The van der Waals surface area contributed by atoms with Crippen LogP contribution in [0.4, 0.5) is 0 Å². The highest BCUT2D eigenvalue weighted by Crippen LogP contribution is 2.31. The van der Waals surface area contributed by atoms with E-state index in [9.17, 15) is 4.79 Å². The highest BCUT2D eigenvalue weighted by Gasteiger charge is 2.19. The maximum atomic E-state index is 13.1. The summed E-state index contributed by atoms with van der Waals surface area (Å²) >= 11 is 1.57. The summed E-state index contributed by atoms with van der Waals surface area (Å²) in [6.45, 7) is 2.09. The minimum absolute atomic E-state index is 0.155. The van der Waals surface area contributed by atoms with E-state index in [1.54, 1.807) is 11.3 Å². The first kappa shape index (κ1) is 19.4. The number of rotatable bonds is 6. The number of thiophene rings is 1. The molecule has 0 radical (unpaired) electrons. The number of fused-ring (bicyclic) bond motifs is 1. The van der Waals surface area contributed by atoms with Crippen LogP contribution < -0.4 is 14.8 Å². The van der Waals surface area contributed by atoms with Crippen molar-refractivity contribution in [1.82, 2.24) is 15.1 Å². The lowest BCUT2D eigenvalue weighted by molar-refractivity contribution is 0.0951. The SMILES string of the molecule is O=C(NCc1ccc2c(c1)OCCO2)c1cn(Cc2ccccc2)nc1-c1cccs1. The molecule has 1 aliphatic rings. The molecular weight excluding hydrogens is 410 g/mol. The van der Waals surface area contributed by atoms with Gasteiger partial charge in [-0.3, -0.25) is 9.48 Å². The number of nitrogens with zero attached hydrogens (tertiary/aromatic N) is 2. The summed E-state index contributed by atoms with van der Waals surface area (Å²) in [5, 5.41) is 9.72. The smallest absolute Gasteiger partial charge is 0.255 e. The van der Waals surface area contributed by atoms with Crippen molar-refractivity contribution in [2.24, 2.45) is 0 Å². The van der Waals surface area contributed by atoms with Gasteiger partial charge < -0.3 is 14.8 Å². The van der Waals surface area contributed by atoms with Crippen LogP contribution in [0.15, 0.2) is 72.2 Å². The summed E-state index contributed by atoms with van der Waals surface area (Å²) in [4.78, 5) is 14.0. The van der Waals surface area contributed by atoms with Crippen LogP contribution in [-0.4, -0.2) is 28.9 Å². The van der Waals surface area contributed by atoms with E-state index in [0.717, 1.165) is 21.8 Å². The topological polar surface area (TPSA) is 65.4 Å². The Bertz CT molecular complexity index is 1190. The third kappa shape index (κ3) is 4.32. The van der Waals surface area contributed by atoms with Gasteiger partial charge in [-0.25, -0.2) is 0 Å². The average Bonchev–Trinajstić information content (AvgIpc) is 3.48. The molecule has 0 unspecified atom stereocenters. The molecule has 0 atom stereocenters. The monoisotopic (exact) mass is 431 g/mol. The van der Waals surface area contributed by atoms with E-state index in [2.05, 4.69) is 5.32 Å². The number of amides is 1.